The van der Waals surface area contributed by atoms with Gasteiger partial charge in [0.05, 0.1) is 12.0 Å². The van der Waals surface area contributed by atoms with Crippen LogP contribution in [0, 0.1) is 5.92 Å². The maximum absolute atomic E-state index is 14.3. The Hall–Kier alpha value is -2.44. The second-order valence-corrected chi connectivity index (χ2v) is 10.6. The summed E-state index contributed by atoms with van der Waals surface area (Å²) in [6.07, 6.45) is 10.2. The molecule has 2 aromatic rings. The van der Waals surface area contributed by atoms with Crippen molar-refractivity contribution in [2.24, 2.45) is 13.0 Å². The van der Waals surface area contributed by atoms with Crippen molar-refractivity contribution in [1.29, 1.82) is 0 Å². The predicted octanol–water partition coefficient (Wildman–Crippen LogP) is 3.73. The van der Waals surface area contributed by atoms with Crippen molar-refractivity contribution in [1.82, 2.24) is 14.8 Å². The van der Waals surface area contributed by atoms with Crippen LogP contribution < -0.4 is 10.9 Å². The second kappa shape index (κ2) is 10.7. The molecule has 1 N–H and O–H groups in total. The highest BCUT2D eigenvalue weighted by Gasteiger charge is 2.44. The number of aromatic nitrogens is 1. The Labute approximate surface area is 208 Å². The van der Waals surface area contributed by atoms with E-state index in [2.05, 4.69) is 28.4 Å². The van der Waals surface area contributed by atoms with E-state index in [9.17, 15) is 9.59 Å². The summed E-state index contributed by atoms with van der Waals surface area (Å²) in [5.41, 5.74) is 5.11. The molecule has 6 heteroatoms. The molecule has 1 saturated heterocycles. The number of carbonyl (C=O) groups excluding carboxylic acids is 1. The summed E-state index contributed by atoms with van der Waals surface area (Å²) < 4.78 is 6.85. The zero-order chi connectivity index (χ0) is 24.4. The molecule has 2 fully saturated rings. The molecule has 0 radical (unpaired) electrons. The fourth-order valence-corrected chi connectivity index (χ4v) is 6.13. The van der Waals surface area contributed by atoms with Gasteiger partial charge in [0.1, 0.15) is 0 Å². The molecule has 35 heavy (non-hydrogen) atoms. The van der Waals surface area contributed by atoms with Crippen LogP contribution in [-0.4, -0.2) is 48.2 Å². The molecule has 188 valence electrons. The van der Waals surface area contributed by atoms with Crippen LogP contribution >= 0.6 is 0 Å². The van der Waals surface area contributed by atoms with Crippen molar-refractivity contribution in [3.63, 3.8) is 0 Å². The largest absolute Gasteiger partial charge is 0.385 e. The summed E-state index contributed by atoms with van der Waals surface area (Å²) in [5, 5.41) is 3.47. The SMILES string of the molecule is COCCCc1ccc2c(c1)C(N(C(=O)C1CNCCC1c1ccn(C)c(=O)c1)C1CC1)CCC2. The van der Waals surface area contributed by atoms with Gasteiger partial charge in [-0.15, -0.1) is 0 Å². The Kier molecular flexibility index (Phi) is 7.40. The third-order valence-corrected chi connectivity index (χ3v) is 8.19. The zero-order valence-electron chi connectivity index (χ0n) is 21.2. The molecule has 1 aromatic heterocycles. The summed E-state index contributed by atoms with van der Waals surface area (Å²) in [7, 11) is 3.53. The van der Waals surface area contributed by atoms with Crippen LogP contribution in [0.3, 0.4) is 0 Å². The number of hydrogen-bond acceptors (Lipinski definition) is 4. The molecule has 3 unspecified atom stereocenters. The van der Waals surface area contributed by atoms with Crippen LogP contribution in [0.25, 0.3) is 0 Å². The maximum Gasteiger partial charge on any atom is 0.250 e. The van der Waals surface area contributed by atoms with E-state index in [1.807, 2.05) is 12.3 Å². The molecule has 1 saturated carbocycles. The lowest BCUT2D eigenvalue weighted by Crippen LogP contribution is -2.49. The van der Waals surface area contributed by atoms with Gasteiger partial charge in [0.2, 0.25) is 5.91 Å². The molecule has 3 atom stereocenters. The topological polar surface area (TPSA) is 63.6 Å². The minimum atomic E-state index is -0.133. The van der Waals surface area contributed by atoms with Crippen molar-refractivity contribution in [3.8, 4) is 0 Å². The highest BCUT2D eigenvalue weighted by atomic mass is 16.5. The number of fused-ring (bicyclic) bond motifs is 1. The number of rotatable bonds is 8. The molecule has 1 aliphatic heterocycles. The average Bonchev–Trinajstić information content (AvgIpc) is 3.71. The minimum Gasteiger partial charge on any atom is -0.385 e. The number of benzene rings is 1. The number of methoxy groups -OCH3 is 1. The van der Waals surface area contributed by atoms with Crippen LogP contribution in [-0.2, 0) is 29.4 Å². The van der Waals surface area contributed by atoms with E-state index in [0.717, 1.165) is 70.1 Å². The number of hydrogen-bond donors (Lipinski definition) is 1. The van der Waals surface area contributed by atoms with Crippen LogP contribution in [0.2, 0.25) is 0 Å². The van der Waals surface area contributed by atoms with Gasteiger partial charge in [-0.25, -0.2) is 0 Å². The maximum atomic E-state index is 14.3. The Bertz CT molecular complexity index is 1110. The van der Waals surface area contributed by atoms with Crippen LogP contribution in [0.4, 0.5) is 0 Å². The number of aryl methyl sites for hydroxylation is 3. The molecule has 5 rings (SSSR count). The number of amides is 1. The molecule has 0 bridgehead atoms. The van der Waals surface area contributed by atoms with Crippen molar-refractivity contribution in [3.05, 3.63) is 69.1 Å². The van der Waals surface area contributed by atoms with E-state index < -0.39 is 0 Å². The molecule has 2 aliphatic carbocycles. The van der Waals surface area contributed by atoms with Crippen molar-refractivity contribution in [2.45, 2.75) is 69.4 Å². The predicted molar refractivity (Wildman–Crippen MR) is 138 cm³/mol. The quantitative estimate of drug-likeness (QED) is 0.589. The van der Waals surface area contributed by atoms with Crippen LogP contribution in [0.15, 0.2) is 41.3 Å². The van der Waals surface area contributed by atoms with Gasteiger partial charge < -0.3 is 19.5 Å². The lowest BCUT2D eigenvalue weighted by Gasteiger charge is -2.41. The Morgan fingerprint density at radius 1 is 1.17 bits per heavy atom. The number of piperidine rings is 1. The second-order valence-electron chi connectivity index (χ2n) is 10.6. The van der Waals surface area contributed by atoms with Gasteiger partial charge in [0.25, 0.3) is 5.56 Å². The summed E-state index contributed by atoms with van der Waals surface area (Å²) in [4.78, 5) is 28.9. The van der Waals surface area contributed by atoms with Crippen molar-refractivity contribution in [2.75, 3.05) is 26.8 Å². The third kappa shape index (κ3) is 5.24. The summed E-state index contributed by atoms with van der Waals surface area (Å²) in [6.45, 7) is 2.33. The number of ether oxygens (including phenoxy) is 1. The van der Waals surface area contributed by atoms with E-state index >= 15 is 0 Å². The summed E-state index contributed by atoms with van der Waals surface area (Å²) in [6, 6.07) is 11.2. The van der Waals surface area contributed by atoms with Gasteiger partial charge >= 0.3 is 0 Å². The first-order chi connectivity index (χ1) is 17.1. The number of nitrogens with one attached hydrogen (secondary N) is 1. The Morgan fingerprint density at radius 2 is 2.03 bits per heavy atom. The summed E-state index contributed by atoms with van der Waals surface area (Å²) >= 11 is 0. The highest BCUT2D eigenvalue weighted by Crippen LogP contribution is 2.44. The van der Waals surface area contributed by atoms with E-state index in [0.29, 0.717) is 12.6 Å². The molecule has 1 aromatic carbocycles. The number of pyridine rings is 1. The zero-order valence-corrected chi connectivity index (χ0v) is 21.2. The normalized spacial score (nSPS) is 24.1. The van der Waals surface area contributed by atoms with Crippen LogP contribution in [0.5, 0.6) is 0 Å². The van der Waals surface area contributed by atoms with E-state index in [-0.39, 0.29) is 29.3 Å². The first kappa shape index (κ1) is 24.3. The van der Waals surface area contributed by atoms with Crippen molar-refractivity contribution >= 4 is 5.91 Å². The van der Waals surface area contributed by atoms with E-state index in [1.54, 1.807) is 24.8 Å². The van der Waals surface area contributed by atoms with Gasteiger partial charge in [-0.2, -0.15) is 0 Å². The third-order valence-electron chi connectivity index (χ3n) is 8.19. The first-order valence-electron chi connectivity index (χ1n) is 13.4. The fraction of sp³-hybridized carbons (Fsp3) is 0.586. The molecular weight excluding hydrogens is 438 g/mol. The average molecular weight is 478 g/mol. The number of carbonyl (C=O) groups is 1. The minimum absolute atomic E-state index is 0.00603. The Balaban J connectivity index is 1.44. The van der Waals surface area contributed by atoms with Gasteiger partial charge in [-0.05, 0) is 92.1 Å². The van der Waals surface area contributed by atoms with E-state index in [1.165, 1.54) is 16.7 Å². The lowest BCUT2D eigenvalue weighted by molar-refractivity contribution is -0.140. The van der Waals surface area contributed by atoms with Crippen LogP contribution in [0.1, 0.15) is 72.7 Å². The molecule has 0 spiro atoms. The van der Waals surface area contributed by atoms with Gasteiger partial charge in [0, 0.05) is 45.6 Å². The smallest absolute Gasteiger partial charge is 0.250 e. The monoisotopic (exact) mass is 477 g/mol. The first-order valence-corrected chi connectivity index (χ1v) is 13.4. The van der Waals surface area contributed by atoms with Gasteiger partial charge in [-0.1, -0.05) is 18.2 Å². The van der Waals surface area contributed by atoms with Gasteiger partial charge in [0.15, 0.2) is 0 Å². The summed E-state index contributed by atoms with van der Waals surface area (Å²) in [5.74, 6) is 0.224. The standard InChI is InChI=1S/C29H39N3O3/c1-31-15-13-22(18-28(31)33)24-12-14-30-19-26(24)29(34)32(23-10-11-23)27-7-3-6-21-9-8-20(17-25(21)27)5-4-16-35-2/h8-9,13,15,17-18,23-24,26-27,30H,3-7,10-12,14,16,19H2,1-2H3. The lowest BCUT2D eigenvalue weighted by atomic mass is 9.79. The van der Waals surface area contributed by atoms with E-state index in [4.69, 9.17) is 4.74 Å². The molecule has 6 nitrogen and oxygen atoms in total. The molecule has 1 amide bonds. The van der Waals surface area contributed by atoms with Crippen molar-refractivity contribution < 1.29 is 9.53 Å². The highest BCUT2D eigenvalue weighted by molar-refractivity contribution is 5.81. The molecule has 2 heterocycles. The molecular formula is C29H39N3O3. The Morgan fingerprint density at radius 3 is 2.80 bits per heavy atom. The fourth-order valence-electron chi connectivity index (χ4n) is 6.13. The van der Waals surface area contributed by atoms with Gasteiger partial charge in [-0.3, -0.25) is 9.59 Å². The molecule has 3 aliphatic rings. The number of nitrogens with zero attached hydrogens (tertiary/aromatic N) is 2.